The molecular weight excluding hydrogens is 330 g/mol. The zero-order chi connectivity index (χ0) is 18.7. The van der Waals surface area contributed by atoms with E-state index < -0.39 is 0 Å². The van der Waals surface area contributed by atoms with Gasteiger partial charge in [0.15, 0.2) is 5.82 Å². The molecule has 0 saturated carbocycles. The highest BCUT2D eigenvalue weighted by atomic mass is 16.5. The van der Waals surface area contributed by atoms with Crippen molar-refractivity contribution in [1.29, 1.82) is 0 Å². The maximum atomic E-state index is 12.3. The molecule has 2 aromatic rings. The number of anilines is 1. The van der Waals surface area contributed by atoms with E-state index in [4.69, 9.17) is 4.52 Å². The zero-order valence-corrected chi connectivity index (χ0v) is 16.0. The quantitative estimate of drug-likeness (QED) is 0.885. The molecular formula is C19H27N5O2. The fraction of sp³-hybridized carbons (Fsp3) is 0.579. The summed E-state index contributed by atoms with van der Waals surface area (Å²) in [6, 6.07) is 3.73. The number of nitrogens with zero attached hydrogens (tertiary/aromatic N) is 4. The lowest BCUT2D eigenvalue weighted by molar-refractivity contribution is 0.0949. The molecule has 3 heterocycles. The fourth-order valence-electron chi connectivity index (χ4n) is 2.88. The molecule has 7 heteroatoms. The molecule has 0 aliphatic carbocycles. The third-order valence-electron chi connectivity index (χ3n) is 4.84. The number of amides is 1. The van der Waals surface area contributed by atoms with E-state index in [1.54, 1.807) is 6.20 Å². The van der Waals surface area contributed by atoms with Crippen LogP contribution in [0.4, 0.5) is 5.82 Å². The molecule has 140 valence electrons. The Kier molecular flexibility index (Phi) is 5.25. The van der Waals surface area contributed by atoms with E-state index in [9.17, 15) is 4.79 Å². The van der Waals surface area contributed by atoms with Crippen molar-refractivity contribution in [1.82, 2.24) is 20.4 Å². The first-order valence-electron chi connectivity index (χ1n) is 9.16. The maximum Gasteiger partial charge on any atom is 0.253 e. The minimum Gasteiger partial charge on any atom is -0.357 e. The Morgan fingerprint density at radius 2 is 2.04 bits per heavy atom. The highest BCUT2D eigenvalue weighted by molar-refractivity contribution is 5.93. The van der Waals surface area contributed by atoms with Gasteiger partial charge in [0, 0.05) is 25.2 Å². The maximum absolute atomic E-state index is 12.3. The minimum atomic E-state index is -0.195. The Hall–Kier alpha value is -2.44. The van der Waals surface area contributed by atoms with Gasteiger partial charge in [0.1, 0.15) is 5.82 Å². The van der Waals surface area contributed by atoms with Crippen LogP contribution in [0.2, 0.25) is 0 Å². The molecule has 1 aliphatic heterocycles. The molecule has 1 aliphatic rings. The summed E-state index contributed by atoms with van der Waals surface area (Å²) in [5.41, 5.74) is 0.930. The highest BCUT2D eigenvalue weighted by Crippen LogP contribution is 2.31. The molecule has 0 spiro atoms. The van der Waals surface area contributed by atoms with Crippen molar-refractivity contribution in [2.45, 2.75) is 53.0 Å². The lowest BCUT2D eigenvalue weighted by Gasteiger charge is -2.37. The van der Waals surface area contributed by atoms with Gasteiger partial charge in [-0.2, -0.15) is 4.98 Å². The normalized spacial score (nSPS) is 16.7. The monoisotopic (exact) mass is 357 g/mol. The summed E-state index contributed by atoms with van der Waals surface area (Å²) < 4.78 is 5.13. The SMILES string of the molecule is CC(C)c1nc(CNC(=O)c2ccc(N3CCC(C)(C)CC3)nc2)no1. The third-order valence-corrected chi connectivity index (χ3v) is 4.84. The van der Waals surface area contributed by atoms with Gasteiger partial charge in [0.2, 0.25) is 5.89 Å². The topological polar surface area (TPSA) is 84.2 Å². The molecule has 2 aromatic heterocycles. The molecule has 3 rings (SSSR count). The highest BCUT2D eigenvalue weighted by Gasteiger charge is 2.26. The number of hydrogen-bond acceptors (Lipinski definition) is 6. The smallest absolute Gasteiger partial charge is 0.253 e. The van der Waals surface area contributed by atoms with E-state index >= 15 is 0 Å². The van der Waals surface area contributed by atoms with Gasteiger partial charge in [-0.1, -0.05) is 32.9 Å². The third kappa shape index (κ3) is 4.39. The number of carbonyl (C=O) groups excluding carboxylic acids is 1. The molecule has 26 heavy (non-hydrogen) atoms. The van der Waals surface area contributed by atoms with Crippen LogP contribution in [-0.4, -0.2) is 34.1 Å². The van der Waals surface area contributed by atoms with Crippen LogP contribution in [-0.2, 0) is 6.54 Å². The molecule has 1 N–H and O–H groups in total. The van der Waals surface area contributed by atoms with E-state index in [1.165, 1.54) is 0 Å². The lowest BCUT2D eigenvalue weighted by Crippen LogP contribution is -2.37. The number of pyridine rings is 1. The Bertz CT molecular complexity index is 742. The summed E-state index contributed by atoms with van der Waals surface area (Å²) in [5.74, 6) is 1.95. The van der Waals surface area contributed by atoms with Gasteiger partial charge < -0.3 is 14.7 Å². The lowest BCUT2D eigenvalue weighted by atomic mass is 9.83. The molecule has 0 unspecified atom stereocenters. The predicted molar refractivity (Wildman–Crippen MR) is 99.0 cm³/mol. The van der Waals surface area contributed by atoms with E-state index in [1.807, 2.05) is 26.0 Å². The molecule has 1 amide bonds. The summed E-state index contributed by atoms with van der Waals surface area (Å²) in [5, 5.41) is 6.67. The average Bonchev–Trinajstić information content (AvgIpc) is 3.09. The number of nitrogens with one attached hydrogen (secondary N) is 1. The first-order valence-corrected chi connectivity index (χ1v) is 9.16. The summed E-state index contributed by atoms with van der Waals surface area (Å²) in [4.78, 5) is 23.3. The minimum absolute atomic E-state index is 0.170. The van der Waals surface area contributed by atoms with Crippen molar-refractivity contribution in [3.05, 3.63) is 35.6 Å². The van der Waals surface area contributed by atoms with Crippen molar-refractivity contribution in [3.63, 3.8) is 0 Å². The summed E-state index contributed by atoms with van der Waals surface area (Å²) in [7, 11) is 0. The number of aromatic nitrogens is 3. The van der Waals surface area contributed by atoms with Crippen molar-refractivity contribution in [3.8, 4) is 0 Å². The summed E-state index contributed by atoms with van der Waals surface area (Å²) >= 11 is 0. The van der Waals surface area contributed by atoms with Crippen LogP contribution < -0.4 is 10.2 Å². The Labute approximate surface area is 154 Å². The summed E-state index contributed by atoms with van der Waals surface area (Å²) in [6.07, 6.45) is 3.93. The van der Waals surface area contributed by atoms with Crippen LogP contribution >= 0.6 is 0 Å². The van der Waals surface area contributed by atoms with Crippen molar-refractivity contribution < 1.29 is 9.32 Å². The average molecular weight is 357 g/mol. The molecule has 1 saturated heterocycles. The van der Waals surface area contributed by atoms with Crippen molar-refractivity contribution >= 4 is 11.7 Å². The fourth-order valence-corrected chi connectivity index (χ4v) is 2.88. The molecule has 0 radical (unpaired) electrons. The summed E-state index contributed by atoms with van der Waals surface area (Å²) in [6.45, 7) is 10.8. The molecule has 7 nitrogen and oxygen atoms in total. The van der Waals surface area contributed by atoms with Crippen LogP contribution in [0.5, 0.6) is 0 Å². The predicted octanol–water partition coefficient (Wildman–Crippen LogP) is 3.14. The number of rotatable bonds is 5. The van der Waals surface area contributed by atoms with Crippen molar-refractivity contribution in [2.24, 2.45) is 5.41 Å². The van der Waals surface area contributed by atoms with Gasteiger partial charge in [-0.25, -0.2) is 4.98 Å². The second kappa shape index (κ2) is 7.43. The zero-order valence-electron chi connectivity index (χ0n) is 16.0. The largest absolute Gasteiger partial charge is 0.357 e. The standard InChI is InChI=1S/C19H27N5O2/c1-13(2)18-22-15(23-26-18)12-21-17(25)14-5-6-16(20-11-14)24-9-7-19(3,4)8-10-24/h5-6,11,13H,7-10,12H2,1-4H3,(H,21,25). The van der Waals surface area contributed by atoms with Gasteiger partial charge in [-0.3, -0.25) is 4.79 Å². The Balaban J connectivity index is 1.55. The van der Waals surface area contributed by atoms with Crippen LogP contribution in [0.25, 0.3) is 0 Å². The Morgan fingerprint density at radius 1 is 1.31 bits per heavy atom. The van der Waals surface area contributed by atoms with Crippen LogP contribution in [0, 0.1) is 5.41 Å². The second-order valence-corrected chi connectivity index (χ2v) is 7.94. The van der Waals surface area contributed by atoms with E-state index in [0.717, 1.165) is 31.7 Å². The van der Waals surface area contributed by atoms with E-state index in [2.05, 4.69) is 39.2 Å². The van der Waals surface area contributed by atoms with Crippen LogP contribution in [0.15, 0.2) is 22.9 Å². The van der Waals surface area contributed by atoms with E-state index in [0.29, 0.717) is 22.7 Å². The van der Waals surface area contributed by atoms with Crippen LogP contribution in [0.1, 0.15) is 68.5 Å². The second-order valence-electron chi connectivity index (χ2n) is 7.94. The van der Waals surface area contributed by atoms with Crippen molar-refractivity contribution in [2.75, 3.05) is 18.0 Å². The number of carbonyl (C=O) groups is 1. The van der Waals surface area contributed by atoms with Gasteiger partial charge in [-0.05, 0) is 30.4 Å². The van der Waals surface area contributed by atoms with Gasteiger partial charge in [0.05, 0.1) is 12.1 Å². The van der Waals surface area contributed by atoms with Gasteiger partial charge in [0.25, 0.3) is 5.91 Å². The van der Waals surface area contributed by atoms with Gasteiger partial charge in [-0.15, -0.1) is 0 Å². The first-order chi connectivity index (χ1) is 12.3. The molecule has 1 fully saturated rings. The molecule has 0 aromatic carbocycles. The Morgan fingerprint density at radius 3 is 2.62 bits per heavy atom. The van der Waals surface area contributed by atoms with Gasteiger partial charge >= 0.3 is 0 Å². The van der Waals surface area contributed by atoms with Crippen LogP contribution in [0.3, 0.4) is 0 Å². The molecule has 0 atom stereocenters. The number of hydrogen-bond donors (Lipinski definition) is 1. The number of piperidine rings is 1. The molecule has 0 bridgehead atoms. The van der Waals surface area contributed by atoms with E-state index in [-0.39, 0.29) is 18.4 Å². The first kappa shape index (κ1) is 18.4.